The number of hydrogen-bond donors (Lipinski definition) is 2. The number of nitrogens with one attached hydrogen (secondary N) is 1. The lowest BCUT2D eigenvalue weighted by Crippen LogP contribution is -2.49. The van der Waals surface area contributed by atoms with Crippen molar-refractivity contribution in [2.24, 2.45) is 0 Å². The van der Waals surface area contributed by atoms with E-state index in [1.807, 2.05) is 25.1 Å². The summed E-state index contributed by atoms with van der Waals surface area (Å²) in [6, 6.07) is 5.14. The van der Waals surface area contributed by atoms with Crippen molar-refractivity contribution in [2.45, 2.75) is 19.4 Å². The smallest absolute Gasteiger partial charge is 0.322 e. The molecule has 114 valence electrons. The molecule has 0 aromatic heterocycles. The summed E-state index contributed by atoms with van der Waals surface area (Å²) in [5.74, 6) is 0.627. The number of rotatable bonds is 3. The Morgan fingerprint density at radius 3 is 2.95 bits per heavy atom. The number of benzene rings is 1. The maximum atomic E-state index is 12.4. The van der Waals surface area contributed by atoms with E-state index in [2.05, 4.69) is 21.2 Å². The zero-order valence-corrected chi connectivity index (χ0v) is 14.0. The SMILES string of the molecule is Cc1cc(Br)ccc1NC(=O)N1CCSCC1CC(=O)O. The average molecular weight is 373 g/mol. The van der Waals surface area contributed by atoms with E-state index in [1.165, 1.54) is 0 Å². The minimum Gasteiger partial charge on any atom is -0.481 e. The summed E-state index contributed by atoms with van der Waals surface area (Å²) in [6.45, 7) is 2.49. The molecule has 2 rings (SSSR count). The van der Waals surface area contributed by atoms with Gasteiger partial charge in [0.25, 0.3) is 0 Å². The van der Waals surface area contributed by atoms with Crippen LogP contribution in [-0.2, 0) is 4.79 Å². The molecule has 21 heavy (non-hydrogen) atoms. The third-order valence-electron chi connectivity index (χ3n) is 3.33. The fraction of sp³-hybridized carbons (Fsp3) is 0.429. The summed E-state index contributed by atoms with van der Waals surface area (Å²) >= 11 is 5.07. The standard InChI is InChI=1S/C14H17BrN2O3S/c1-9-6-10(15)2-3-12(9)16-14(20)17-4-5-21-8-11(17)7-13(18)19/h2-3,6,11H,4-5,7-8H2,1H3,(H,16,20)(H,18,19). The fourth-order valence-electron chi connectivity index (χ4n) is 2.25. The van der Waals surface area contributed by atoms with Crippen LogP contribution >= 0.6 is 27.7 Å². The highest BCUT2D eigenvalue weighted by atomic mass is 79.9. The van der Waals surface area contributed by atoms with Gasteiger partial charge in [-0.2, -0.15) is 11.8 Å². The van der Waals surface area contributed by atoms with Crippen LogP contribution in [0.5, 0.6) is 0 Å². The van der Waals surface area contributed by atoms with E-state index in [4.69, 9.17) is 5.11 Å². The zero-order chi connectivity index (χ0) is 15.4. The first-order chi connectivity index (χ1) is 9.97. The molecular weight excluding hydrogens is 356 g/mol. The normalized spacial score (nSPS) is 18.4. The molecule has 1 unspecified atom stereocenters. The first-order valence-corrected chi connectivity index (χ1v) is 8.55. The van der Waals surface area contributed by atoms with Crippen LogP contribution in [0.1, 0.15) is 12.0 Å². The lowest BCUT2D eigenvalue weighted by Gasteiger charge is -2.34. The lowest BCUT2D eigenvalue weighted by atomic mass is 10.2. The van der Waals surface area contributed by atoms with Gasteiger partial charge in [-0.1, -0.05) is 15.9 Å². The van der Waals surface area contributed by atoms with Crippen LogP contribution in [0.15, 0.2) is 22.7 Å². The molecule has 0 saturated carbocycles. The number of nitrogens with zero attached hydrogens (tertiary/aromatic N) is 1. The van der Waals surface area contributed by atoms with Gasteiger partial charge in [-0.05, 0) is 30.7 Å². The largest absolute Gasteiger partial charge is 0.481 e. The monoisotopic (exact) mass is 372 g/mol. The summed E-state index contributed by atoms with van der Waals surface area (Å²) in [5.41, 5.74) is 1.70. The molecule has 5 nitrogen and oxygen atoms in total. The molecule has 1 atom stereocenters. The number of urea groups is 1. The Morgan fingerprint density at radius 1 is 1.52 bits per heavy atom. The van der Waals surface area contributed by atoms with Gasteiger partial charge in [-0.25, -0.2) is 4.79 Å². The van der Waals surface area contributed by atoms with Gasteiger partial charge >= 0.3 is 12.0 Å². The van der Waals surface area contributed by atoms with Crippen LogP contribution in [0.25, 0.3) is 0 Å². The highest BCUT2D eigenvalue weighted by molar-refractivity contribution is 9.10. The molecule has 0 spiro atoms. The van der Waals surface area contributed by atoms with Crippen molar-refractivity contribution >= 4 is 45.4 Å². The van der Waals surface area contributed by atoms with Crippen molar-refractivity contribution < 1.29 is 14.7 Å². The maximum absolute atomic E-state index is 12.4. The minimum atomic E-state index is -0.875. The molecule has 7 heteroatoms. The van der Waals surface area contributed by atoms with Crippen molar-refractivity contribution in [3.8, 4) is 0 Å². The predicted molar refractivity (Wildman–Crippen MR) is 88.0 cm³/mol. The van der Waals surface area contributed by atoms with Gasteiger partial charge in [-0.3, -0.25) is 4.79 Å². The Morgan fingerprint density at radius 2 is 2.29 bits per heavy atom. The van der Waals surface area contributed by atoms with Crippen LogP contribution in [0.3, 0.4) is 0 Å². The average Bonchev–Trinajstić information content (AvgIpc) is 2.42. The highest BCUT2D eigenvalue weighted by Crippen LogP contribution is 2.23. The molecule has 0 bridgehead atoms. The maximum Gasteiger partial charge on any atom is 0.322 e. The number of carbonyl (C=O) groups is 2. The number of carboxylic acids is 1. The van der Waals surface area contributed by atoms with Crippen molar-refractivity contribution in [2.75, 3.05) is 23.4 Å². The van der Waals surface area contributed by atoms with E-state index in [1.54, 1.807) is 16.7 Å². The van der Waals surface area contributed by atoms with Gasteiger partial charge in [0.2, 0.25) is 0 Å². The number of amides is 2. The summed E-state index contributed by atoms with van der Waals surface area (Å²) in [4.78, 5) is 24.9. The number of anilines is 1. The molecule has 1 heterocycles. The van der Waals surface area contributed by atoms with Crippen molar-refractivity contribution in [1.29, 1.82) is 0 Å². The Hall–Kier alpha value is -1.21. The van der Waals surface area contributed by atoms with Crippen molar-refractivity contribution in [3.63, 3.8) is 0 Å². The molecule has 1 saturated heterocycles. The van der Waals surface area contributed by atoms with Gasteiger partial charge in [0.05, 0.1) is 12.5 Å². The molecule has 1 aromatic carbocycles. The molecular formula is C14H17BrN2O3S. The molecule has 1 aromatic rings. The summed E-state index contributed by atoms with van der Waals surface area (Å²) < 4.78 is 0.955. The van der Waals surface area contributed by atoms with E-state index in [0.717, 1.165) is 21.5 Å². The quantitative estimate of drug-likeness (QED) is 0.854. The second-order valence-electron chi connectivity index (χ2n) is 4.91. The van der Waals surface area contributed by atoms with E-state index in [-0.39, 0.29) is 18.5 Å². The fourth-order valence-corrected chi connectivity index (χ4v) is 3.79. The number of halogens is 1. The summed E-state index contributed by atoms with van der Waals surface area (Å²) in [5, 5.41) is 11.8. The van der Waals surface area contributed by atoms with Gasteiger partial charge in [0.1, 0.15) is 0 Å². The first-order valence-electron chi connectivity index (χ1n) is 6.60. The van der Waals surface area contributed by atoms with Gasteiger partial charge in [0.15, 0.2) is 0 Å². The molecule has 1 aliphatic heterocycles. The van der Waals surface area contributed by atoms with E-state index in [9.17, 15) is 9.59 Å². The van der Waals surface area contributed by atoms with Gasteiger partial charge in [0, 0.05) is 28.2 Å². The molecule has 0 radical (unpaired) electrons. The Balaban J connectivity index is 2.08. The molecule has 2 amide bonds. The Bertz CT molecular complexity index is 553. The molecule has 0 aliphatic carbocycles. The van der Waals surface area contributed by atoms with Crippen LogP contribution in [0.2, 0.25) is 0 Å². The zero-order valence-electron chi connectivity index (χ0n) is 11.6. The third kappa shape index (κ3) is 4.38. The predicted octanol–water partition coefficient (Wildman–Crippen LogP) is 3.18. The van der Waals surface area contributed by atoms with E-state index in [0.29, 0.717) is 12.3 Å². The number of aliphatic carboxylic acids is 1. The van der Waals surface area contributed by atoms with E-state index < -0.39 is 5.97 Å². The lowest BCUT2D eigenvalue weighted by molar-refractivity contribution is -0.137. The highest BCUT2D eigenvalue weighted by Gasteiger charge is 2.29. The second-order valence-corrected chi connectivity index (χ2v) is 6.97. The Kier molecular flexibility index (Phi) is 5.52. The van der Waals surface area contributed by atoms with Crippen LogP contribution in [0, 0.1) is 6.92 Å². The van der Waals surface area contributed by atoms with Gasteiger partial charge in [-0.15, -0.1) is 0 Å². The molecule has 1 aliphatic rings. The number of carbonyl (C=O) groups excluding carboxylic acids is 1. The van der Waals surface area contributed by atoms with Crippen molar-refractivity contribution in [3.05, 3.63) is 28.2 Å². The van der Waals surface area contributed by atoms with Crippen molar-refractivity contribution in [1.82, 2.24) is 4.90 Å². The Labute approximate surface area is 136 Å². The minimum absolute atomic E-state index is 0.0141. The number of aryl methyl sites for hydroxylation is 1. The topological polar surface area (TPSA) is 69.6 Å². The number of hydrogen-bond acceptors (Lipinski definition) is 3. The summed E-state index contributed by atoms with van der Waals surface area (Å²) in [7, 11) is 0. The number of thioether (sulfide) groups is 1. The molecule has 1 fully saturated rings. The third-order valence-corrected chi connectivity index (χ3v) is 4.91. The second kappa shape index (κ2) is 7.17. The van der Waals surface area contributed by atoms with Crippen LogP contribution in [-0.4, -0.2) is 46.1 Å². The van der Waals surface area contributed by atoms with E-state index >= 15 is 0 Å². The number of carboxylic acid groups (broad SMARTS) is 1. The molecule has 2 N–H and O–H groups in total. The van der Waals surface area contributed by atoms with Gasteiger partial charge < -0.3 is 15.3 Å². The summed E-state index contributed by atoms with van der Waals surface area (Å²) in [6.07, 6.45) is -0.0141. The first kappa shape index (κ1) is 16.2. The van der Waals surface area contributed by atoms with Crippen LogP contribution < -0.4 is 5.32 Å². The van der Waals surface area contributed by atoms with Crippen LogP contribution in [0.4, 0.5) is 10.5 Å².